The van der Waals surface area contributed by atoms with Crippen LogP contribution in [-0.2, 0) is 14.9 Å². The summed E-state index contributed by atoms with van der Waals surface area (Å²) < 4.78 is 18.9. The summed E-state index contributed by atoms with van der Waals surface area (Å²) in [5, 5.41) is 12.9. The van der Waals surface area contributed by atoms with Crippen molar-refractivity contribution in [2.24, 2.45) is 0 Å². The van der Waals surface area contributed by atoms with Gasteiger partial charge in [-0.2, -0.15) is 3.89 Å². The molecule has 1 aliphatic carbocycles. The van der Waals surface area contributed by atoms with Gasteiger partial charge in [0.25, 0.3) is 0 Å². The van der Waals surface area contributed by atoms with E-state index in [0.717, 1.165) is 27.8 Å². The Hall–Kier alpha value is -3.81. The molecular formula is C31H25ClFNO4S. The average Bonchev–Trinajstić information content (AvgIpc) is 3.76. The molecule has 1 saturated carbocycles. The van der Waals surface area contributed by atoms with Crippen molar-refractivity contribution >= 4 is 41.5 Å². The first kappa shape index (κ1) is 26.8. The van der Waals surface area contributed by atoms with Gasteiger partial charge >= 0.3 is 12.1 Å². The summed E-state index contributed by atoms with van der Waals surface area (Å²) in [4.78, 5) is 24.7. The third-order valence-electron chi connectivity index (χ3n) is 7.07. The Bertz CT molecular complexity index is 1500. The van der Waals surface area contributed by atoms with Gasteiger partial charge in [-0.15, -0.1) is 0 Å². The van der Waals surface area contributed by atoms with Crippen LogP contribution in [0.3, 0.4) is 0 Å². The van der Waals surface area contributed by atoms with E-state index in [1.807, 2.05) is 48.5 Å². The van der Waals surface area contributed by atoms with Crippen LogP contribution in [0.1, 0.15) is 37.0 Å². The van der Waals surface area contributed by atoms with Crippen molar-refractivity contribution in [3.63, 3.8) is 0 Å². The van der Waals surface area contributed by atoms with Crippen LogP contribution in [0.15, 0.2) is 95.9 Å². The monoisotopic (exact) mass is 561 g/mol. The third kappa shape index (κ3) is 5.79. The Morgan fingerprint density at radius 1 is 0.923 bits per heavy atom. The predicted molar refractivity (Wildman–Crippen MR) is 153 cm³/mol. The minimum atomic E-state index is -0.774. The maximum Gasteiger partial charge on any atom is 0.412 e. The molecule has 0 aliphatic heterocycles. The van der Waals surface area contributed by atoms with Gasteiger partial charge in [0.15, 0.2) is 0 Å². The van der Waals surface area contributed by atoms with Crippen LogP contribution in [0, 0.1) is 0 Å². The number of anilines is 1. The molecule has 0 saturated heterocycles. The lowest BCUT2D eigenvalue weighted by Gasteiger charge is -2.17. The summed E-state index contributed by atoms with van der Waals surface area (Å²) >= 11 is 6.03. The first-order valence-corrected chi connectivity index (χ1v) is 13.5. The number of ether oxygens (including phenoxy) is 1. The van der Waals surface area contributed by atoms with Crippen molar-refractivity contribution in [3.05, 3.63) is 107 Å². The van der Waals surface area contributed by atoms with E-state index >= 15 is 0 Å². The second-order valence-corrected chi connectivity index (χ2v) is 10.6. The summed E-state index contributed by atoms with van der Waals surface area (Å²) in [6, 6.07) is 27.4. The normalized spacial score (nSPS) is 14.3. The van der Waals surface area contributed by atoms with Crippen molar-refractivity contribution in [1.82, 2.24) is 0 Å². The molecule has 0 bridgehead atoms. The van der Waals surface area contributed by atoms with Gasteiger partial charge in [-0.1, -0.05) is 78.3 Å². The first-order valence-electron chi connectivity index (χ1n) is 12.4. The smallest absolute Gasteiger partial charge is 0.412 e. The molecule has 5 rings (SSSR count). The molecule has 5 nitrogen and oxygen atoms in total. The molecule has 4 aromatic carbocycles. The van der Waals surface area contributed by atoms with Crippen molar-refractivity contribution in [2.75, 3.05) is 5.32 Å². The summed E-state index contributed by atoms with van der Waals surface area (Å²) in [6.45, 7) is 1.76. The lowest BCUT2D eigenvalue weighted by molar-refractivity contribution is -0.140. The number of carbonyl (C=O) groups is 2. The zero-order valence-electron chi connectivity index (χ0n) is 21.0. The van der Waals surface area contributed by atoms with Gasteiger partial charge in [0, 0.05) is 15.5 Å². The van der Waals surface area contributed by atoms with E-state index in [9.17, 15) is 18.6 Å². The molecule has 1 aliphatic rings. The average molecular weight is 562 g/mol. The van der Waals surface area contributed by atoms with Crippen LogP contribution in [0.5, 0.6) is 0 Å². The number of hydrogen-bond donors (Lipinski definition) is 2. The molecule has 8 heteroatoms. The number of carboxylic acids is 1. The topological polar surface area (TPSA) is 75.6 Å². The zero-order chi connectivity index (χ0) is 27.6. The molecule has 2 N–H and O–H groups in total. The summed E-state index contributed by atoms with van der Waals surface area (Å²) in [5.41, 5.74) is 4.78. The molecule has 0 heterocycles. The summed E-state index contributed by atoms with van der Waals surface area (Å²) in [5.74, 6) is -0.774. The molecule has 1 amide bonds. The highest BCUT2D eigenvalue weighted by Crippen LogP contribution is 2.48. The van der Waals surface area contributed by atoms with E-state index in [2.05, 4.69) is 5.32 Å². The lowest BCUT2D eigenvalue weighted by atomic mass is 9.93. The Kier molecular flexibility index (Phi) is 7.64. The van der Waals surface area contributed by atoms with Crippen LogP contribution in [-0.4, -0.2) is 17.2 Å². The number of benzene rings is 4. The highest BCUT2D eigenvalue weighted by molar-refractivity contribution is 7.94. The number of halogens is 2. The zero-order valence-corrected chi connectivity index (χ0v) is 22.6. The molecule has 0 radical (unpaired) electrons. The molecule has 0 spiro atoms. The van der Waals surface area contributed by atoms with Gasteiger partial charge in [0.1, 0.15) is 6.10 Å². The third-order valence-corrected chi connectivity index (χ3v) is 7.75. The van der Waals surface area contributed by atoms with Crippen LogP contribution in [0.4, 0.5) is 14.4 Å². The van der Waals surface area contributed by atoms with E-state index in [0.29, 0.717) is 34.0 Å². The lowest BCUT2D eigenvalue weighted by Crippen LogP contribution is -2.19. The minimum Gasteiger partial charge on any atom is -0.481 e. The largest absolute Gasteiger partial charge is 0.481 e. The fraction of sp³-hybridized carbons (Fsp3) is 0.161. The second-order valence-electron chi connectivity index (χ2n) is 9.55. The predicted octanol–water partition coefficient (Wildman–Crippen LogP) is 9.08. The highest BCUT2D eigenvalue weighted by atomic mass is 35.5. The second kappa shape index (κ2) is 11.1. The van der Waals surface area contributed by atoms with Gasteiger partial charge in [0.05, 0.1) is 23.3 Å². The summed E-state index contributed by atoms with van der Waals surface area (Å²) in [7, 11) is 0. The standard InChI is InChI=1S/C31H25ClFNO4S/c1-19(20-8-12-25(32)13-9-20)38-30(37)34-28-18-26(39-33)14-15-27(28)23-4-2-21(3-5-23)22-6-10-24(11-7-22)31(16-17-31)29(35)36/h2-15,18-19H,16-17H2,1H3,(H,34,37)(H,35,36)/t19-/m1/s1. The number of carbonyl (C=O) groups excluding carboxylic acids is 1. The fourth-order valence-corrected chi connectivity index (χ4v) is 5.01. The van der Waals surface area contributed by atoms with Crippen molar-refractivity contribution in [3.8, 4) is 22.3 Å². The van der Waals surface area contributed by atoms with Crippen LogP contribution in [0.2, 0.25) is 5.02 Å². The molecular weight excluding hydrogens is 537 g/mol. The minimum absolute atomic E-state index is 0.0934. The highest BCUT2D eigenvalue weighted by Gasteiger charge is 2.51. The number of aliphatic carboxylic acids is 1. The van der Waals surface area contributed by atoms with Crippen molar-refractivity contribution in [1.29, 1.82) is 0 Å². The van der Waals surface area contributed by atoms with Gasteiger partial charge in [-0.05, 0) is 71.8 Å². The Morgan fingerprint density at radius 3 is 2.08 bits per heavy atom. The maximum absolute atomic E-state index is 13.4. The quantitative estimate of drug-likeness (QED) is 0.224. The van der Waals surface area contributed by atoms with Gasteiger partial charge in [-0.3, -0.25) is 10.1 Å². The van der Waals surface area contributed by atoms with E-state index in [1.165, 1.54) is 0 Å². The van der Waals surface area contributed by atoms with Crippen molar-refractivity contribution in [2.45, 2.75) is 36.2 Å². The van der Waals surface area contributed by atoms with Crippen LogP contribution in [0.25, 0.3) is 22.3 Å². The van der Waals surface area contributed by atoms with Gasteiger partial charge in [0.2, 0.25) is 0 Å². The Labute approximate surface area is 235 Å². The molecule has 4 aromatic rings. The fourth-order valence-electron chi connectivity index (χ4n) is 4.60. The molecule has 0 unspecified atom stereocenters. The number of carboxylic acid groups (broad SMARTS) is 1. The molecule has 0 aromatic heterocycles. The van der Waals surface area contributed by atoms with Gasteiger partial charge in [-0.25, -0.2) is 4.79 Å². The van der Waals surface area contributed by atoms with E-state index in [1.54, 1.807) is 49.4 Å². The molecule has 1 fully saturated rings. The Balaban J connectivity index is 1.34. The van der Waals surface area contributed by atoms with Gasteiger partial charge < -0.3 is 9.84 Å². The maximum atomic E-state index is 13.4. The molecule has 1 atom stereocenters. The Morgan fingerprint density at radius 2 is 1.51 bits per heavy atom. The SMILES string of the molecule is C[C@@H](OC(=O)Nc1cc(SF)ccc1-c1ccc(-c2ccc(C3(C(=O)O)CC3)cc2)cc1)c1ccc(Cl)cc1. The van der Waals surface area contributed by atoms with E-state index in [4.69, 9.17) is 16.3 Å². The number of amides is 1. The van der Waals surface area contributed by atoms with Crippen LogP contribution < -0.4 is 5.32 Å². The van der Waals surface area contributed by atoms with Crippen molar-refractivity contribution < 1.29 is 23.3 Å². The molecule has 39 heavy (non-hydrogen) atoms. The summed E-state index contributed by atoms with van der Waals surface area (Å²) in [6.07, 6.45) is 0.159. The van der Waals surface area contributed by atoms with Crippen LogP contribution >= 0.6 is 23.7 Å². The van der Waals surface area contributed by atoms with E-state index in [-0.39, 0.29) is 12.1 Å². The van der Waals surface area contributed by atoms with E-state index < -0.39 is 23.6 Å². The number of hydrogen-bond acceptors (Lipinski definition) is 4. The molecule has 198 valence electrons. The number of rotatable bonds is 8. The number of nitrogens with one attached hydrogen (secondary N) is 1. The first-order chi connectivity index (χ1) is 18.8.